The smallest absolute Gasteiger partial charge is 0.261 e. The van der Waals surface area contributed by atoms with Gasteiger partial charge in [-0.2, -0.15) is 0 Å². The summed E-state index contributed by atoms with van der Waals surface area (Å²) in [4.78, 5) is -0.386. The molecule has 2 aromatic rings. The number of anilines is 1. The second-order valence-corrected chi connectivity index (χ2v) is 7.98. The van der Waals surface area contributed by atoms with Crippen molar-refractivity contribution < 1.29 is 25.6 Å². The second-order valence-electron chi connectivity index (χ2n) is 4.41. The lowest BCUT2D eigenvalue weighted by Gasteiger charge is -2.09. The van der Waals surface area contributed by atoms with Gasteiger partial charge in [0, 0.05) is 6.07 Å². The highest BCUT2D eigenvalue weighted by Gasteiger charge is 2.18. The third-order valence-electron chi connectivity index (χ3n) is 2.89. The highest BCUT2D eigenvalue weighted by Crippen LogP contribution is 2.21. The summed E-state index contributed by atoms with van der Waals surface area (Å²) in [5.74, 6) is -1.91. The van der Waals surface area contributed by atoms with Gasteiger partial charge in [0.1, 0.15) is 11.6 Å². The van der Waals surface area contributed by atoms with Gasteiger partial charge < -0.3 is 0 Å². The van der Waals surface area contributed by atoms with Crippen molar-refractivity contribution in [1.82, 2.24) is 4.72 Å². The minimum absolute atomic E-state index is 0.119. The number of hydrogen-bond acceptors (Lipinski definition) is 4. The van der Waals surface area contributed by atoms with Crippen LogP contribution in [-0.4, -0.2) is 23.9 Å². The summed E-state index contributed by atoms with van der Waals surface area (Å²) in [5, 5.41) is 0. The molecule has 0 aliphatic heterocycles. The monoisotopic (exact) mass is 362 g/mol. The Hall–Kier alpha value is -2.04. The lowest BCUT2D eigenvalue weighted by molar-refractivity contribution is 0.582. The molecule has 23 heavy (non-hydrogen) atoms. The van der Waals surface area contributed by atoms with Crippen LogP contribution in [0, 0.1) is 11.6 Å². The van der Waals surface area contributed by atoms with Crippen molar-refractivity contribution >= 4 is 25.7 Å². The minimum Gasteiger partial charge on any atom is -0.277 e. The predicted octanol–water partition coefficient (Wildman–Crippen LogP) is 1.67. The first kappa shape index (κ1) is 17.3. The van der Waals surface area contributed by atoms with E-state index in [4.69, 9.17) is 0 Å². The molecule has 0 amide bonds. The normalized spacial score (nSPS) is 12.1. The molecule has 0 saturated heterocycles. The van der Waals surface area contributed by atoms with E-state index in [9.17, 15) is 25.6 Å². The largest absolute Gasteiger partial charge is 0.277 e. The third-order valence-corrected chi connectivity index (χ3v) is 5.70. The fourth-order valence-corrected chi connectivity index (χ4v) is 3.49. The summed E-state index contributed by atoms with van der Waals surface area (Å²) in [5.41, 5.74) is -0.418. The summed E-state index contributed by atoms with van der Waals surface area (Å²) < 4.78 is 77.8. The summed E-state index contributed by atoms with van der Waals surface area (Å²) in [6.07, 6.45) is 0. The number of rotatable bonds is 5. The van der Waals surface area contributed by atoms with Crippen LogP contribution in [0.25, 0.3) is 0 Å². The molecular formula is C13H12F2N2O4S2. The molecule has 0 atom stereocenters. The van der Waals surface area contributed by atoms with Crippen LogP contribution in [0.15, 0.2) is 52.3 Å². The fraction of sp³-hybridized carbons (Fsp3) is 0.0769. The predicted molar refractivity (Wildman–Crippen MR) is 79.9 cm³/mol. The van der Waals surface area contributed by atoms with Crippen LogP contribution in [0.3, 0.4) is 0 Å². The van der Waals surface area contributed by atoms with Crippen molar-refractivity contribution in [3.05, 3.63) is 54.1 Å². The summed E-state index contributed by atoms with van der Waals surface area (Å²) in [6.45, 7) is 0. The molecule has 2 rings (SSSR count). The minimum atomic E-state index is -4.15. The van der Waals surface area contributed by atoms with Crippen molar-refractivity contribution in [2.75, 3.05) is 11.8 Å². The van der Waals surface area contributed by atoms with E-state index in [1.165, 1.54) is 7.05 Å². The van der Waals surface area contributed by atoms with Crippen LogP contribution in [0.2, 0.25) is 0 Å². The molecule has 0 aliphatic carbocycles. The van der Waals surface area contributed by atoms with Crippen LogP contribution < -0.4 is 9.44 Å². The van der Waals surface area contributed by atoms with Crippen molar-refractivity contribution in [3.8, 4) is 0 Å². The van der Waals surface area contributed by atoms with Gasteiger partial charge in [0.05, 0.1) is 15.5 Å². The van der Waals surface area contributed by atoms with Gasteiger partial charge in [-0.25, -0.2) is 30.3 Å². The van der Waals surface area contributed by atoms with Gasteiger partial charge >= 0.3 is 0 Å². The van der Waals surface area contributed by atoms with Crippen LogP contribution in [-0.2, 0) is 20.0 Å². The van der Waals surface area contributed by atoms with Gasteiger partial charge in [-0.3, -0.25) is 4.72 Å². The van der Waals surface area contributed by atoms with Crippen LogP contribution in [0.4, 0.5) is 14.5 Å². The molecule has 10 heteroatoms. The molecule has 0 bridgehead atoms. The molecule has 0 radical (unpaired) electrons. The highest BCUT2D eigenvalue weighted by atomic mass is 32.2. The van der Waals surface area contributed by atoms with Gasteiger partial charge in [0.15, 0.2) is 0 Å². The maximum Gasteiger partial charge on any atom is 0.261 e. The number of sulfonamides is 2. The zero-order valence-corrected chi connectivity index (χ0v) is 13.4. The molecule has 0 saturated carbocycles. The zero-order valence-electron chi connectivity index (χ0n) is 11.7. The van der Waals surface area contributed by atoms with E-state index in [2.05, 4.69) is 4.72 Å². The quantitative estimate of drug-likeness (QED) is 0.846. The van der Waals surface area contributed by atoms with Gasteiger partial charge in [-0.05, 0) is 43.4 Å². The highest BCUT2D eigenvalue weighted by molar-refractivity contribution is 7.92. The van der Waals surface area contributed by atoms with Crippen molar-refractivity contribution in [2.24, 2.45) is 0 Å². The lowest BCUT2D eigenvalue weighted by Crippen LogP contribution is -2.19. The van der Waals surface area contributed by atoms with Gasteiger partial charge in [0.25, 0.3) is 10.0 Å². The zero-order chi connectivity index (χ0) is 17.3. The molecule has 0 aliphatic rings. The fourth-order valence-electron chi connectivity index (χ4n) is 1.69. The first-order valence-electron chi connectivity index (χ1n) is 6.17. The average Bonchev–Trinajstić information content (AvgIpc) is 2.50. The third kappa shape index (κ3) is 3.84. The number of halogens is 2. The Kier molecular flexibility index (Phi) is 4.68. The second kappa shape index (κ2) is 6.22. The average molecular weight is 362 g/mol. The lowest BCUT2D eigenvalue weighted by atomic mass is 10.3. The Morgan fingerprint density at radius 2 is 1.35 bits per heavy atom. The SMILES string of the molecule is CNS(=O)(=O)c1ccc(S(=O)(=O)Nc2ccc(F)cc2F)cc1. The Morgan fingerprint density at radius 3 is 1.83 bits per heavy atom. The van der Waals surface area contributed by atoms with E-state index in [1.807, 2.05) is 4.72 Å². The van der Waals surface area contributed by atoms with E-state index < -0.39 is 37.4 Å². The molecule has 2 aromatic carbocycles. The van der Waals surface area contributed by atoms with Gasteiger partial charge in [-0.15, -0.1) is 0 Å². The number of benzene rings is 2. The van der Waals surface area contributed by atoms with E-state index in [0.717, 1.165) is 36.4 Å². The van der Waals surface area contributed by atoms with E-state index in [1.54, 1.807) is 0 Å². The van der Waals surface area contributed by atoms with Gasteiger partial charge in [-0.1, -0.05) is 0 Å². The summed E-state index contributed by atoms with van der Waals surface area (Å²) in [7, 11) is -6.62. The first-order chi connectivity index (χ1) is 10.7. The van der Waals surface area contributed by atoms with E-state index in [0.29, 0.717) is 6.07 Å². The molecule has 0 spiro atoms. The maximum absolute atomic E-state index is 13.5. The number of nitrogens with one attached hydrogen (secondary N) is 2. The molecular weight excluding hydrogens is 350 g/mol. The summed E-state index contributed by atoms with van der Waals surface area (Å²) >= 11 is 0. The van der Waals surface area contributed by atoms with Crippen molar-refractivity contribution in [3.63, 3.8) is 0 Å². The van der Waals surface area contributed by atoms with Crippen molar-refractivity contribution in [2.45, 2.75) is 9.79 Å². The topological polar surface area (TPSA) is 92.3 Å². The van der Waals surface area contributed by atoms with Gasteiger partial charge in [0.2, 0.25) is 10.0 Å². The standard InChI is InChI=1S/C13H12F2N2O4S2/c1-16-22(18,19)10-3-5-11(6-4-10)23(20,21)17-13-7-2-9(14)8-12(13)15/h2-8,16-17H,1H3. The molecule has 0 heterocycles. The Morgan fingerprint density at radius 1 is 0.826 bits per heavy atom. The molecule has 2 N–H and O–H groups in total. The van der Waals surface area contributed by atoms with Crippen LogP contribution >= 0.6 is 0 Å². The molecule has 0 aromatic heterocycles. The number of hydrogen-bond donors (Lipinski definition) is 2. The Bertz CT molecular complexity index is 927. The molecule has 0 unspecified atom stereocenters. The van der Waals surface area contributed by atoms with Crippen LogP contribution in [0.5, 0.6) is 0 Å². The first-order valence-corrected chi connectivity index (χ1v) is 9.14. The Balaban J connectivity index is 2.33. The molecule has 6 nitrogen and oxygen atoms in total. The van der Waals surface area contributed by atoms with Crippen molar-refractivity contribution in [1.29, 1.82) is 0 Å². The van der Waals surface area contributed by atoms with Crippen LogP contribution in [0.1, 0.15) is 0 Å². The maximum atomic E-state index is 13.5. The van der Waals surface area contributed by atoms with E-state index >= 15 is 0 Å². The van der Waals surface area contributed by atoms with E-state index in [-0.39, 0.29) is 9.79 Å². The molecule has 124 valence electrons. The molecule has 0 fully saturated rings. The Labute approximate surface area is 132 Å². The summed E-state index contributed by atoms with van der Waals surface area (Å²) in [6, 6.07) is 6.72.